The lowest BCUT2D eigenvalue weighted by Crippen LogP contribution is -2.07. The van der Waals surface area contributed by atoms with E-state index < -0.39 is 0 Å². The van der Waals surface area contributed by atoms with E-state index >= 15 is 0 Å². The molecule has 108 valence electrons. The van der Waals surface area contributed by atoms with Crippen molar-refractivity contribution < 1.29 is 9.47 Å². The average molecular weight is 298 g/mol. The van der Waals surface area contributed by atoms with Gasteiger partial charge in [0, 0.05) is 16.7 Å². The van der Waals surface area contributed by atoms with Crippen LogP contribution < -0.4 is 15.2 Å². The minimum absolute atomic E-state index is 0.198. The Morgan fingerprint density at radius 2 is 2.20 bits per heavy atom. The molecule has 0 fully saturated rings. The highest BCUT2D eigenvalue weighted by Crippen LogP contribution is 2.35. The Balaban J connectivity index is 2.23. The van der Waals surface area contributed by atoms with Gasteiger partial charge in [0.2, 0.25) is 5.82 Å². The molecule has 0 unspecified atom stereocenters. The van der Waals surface area contributed by atoms with Gasteiger partial charge in [-0.3, -0.25) is 0 Å². The van der Waals surface area contributed by atoms with Gasteiger partial charge in [-0.05, 0) is 24.2 Å². The first-order valence-corrected chi connectivity index (χ1v) is 6.44. The summed E-state index contributed by atoms with van der Waals surface area (Å²) in [5.41, 5.74) is 6.49. The molecule has 0 radical (unpaired) electrons. The van der Waals surface area contributed by atoms with Gasteiger partial charge in [0.1, 0.15) is 0 Å². The van der Waals surface area contributed by atoms with Crippen molar-refractivity contribution in [2.24, 2.45) is 12.8 Å². The van der Waals surface area contributed by atoms with Crippen molar-refractivity contribution in [2.75, 3.05) is 13.7 Å². The molecule has 0 saturated carbocycles. The second-order valence-corrected chi connectivity index (χ2v) is 4.56. The fourth-order valence-electron chi connectivity index (χ4n) is 1.80. The number of aryl methyl sites for hydroxylation is 1. The van der Waals surface area contributed by atoms with E-state index in [0.717, 1.165) is 5.56 Å². The van der Waals surface area contributed by atoms with Crippen LogP contribution in [0.15, 0.2) is 12.1 Å². The molecule has 0 aliphatic heterocycles. The predicted molar refractivity (Wildman–Crippen MR) is 73.9 cm³/mol. The maximum Gasteiger partial charge on any atom is 0.212 e. The van der Waals surface area contributed by atoms with Crippen LogP contribution in [-0.2, 0) is 20.1 Å². The van der Waals surface area contributed by atoms with Crippen LogP contribution in [0.3, 0.4) is 0 Å². The number of benzene rings is 1. The summed E-state index contributed by atoms with van der Waals surface area (Å²) in [7, 11) is 3.25. The molecule has 0 saturated heterocycles. The van der Waals surface area contributed by atoms with E-state index in [0.29, 0.717) is 35.3 Å². The van der Waals surface area contributed by atoms with Gasteiger partial charge < -0.3 is 15.2 Å². The SMILES string of the molecule is COc1cc(Cl)cc(CCN)c1OCc1nnn(C)n1. The molecular weight excluding hydrogens is 282 g/mol. The molecule has 2 rings (SSSR count). The summed E-state index contributed by atoms with van der Waals surface area (Å²) in [4.78, 5) is 1.37. The Kier molecular flexibility index (Phi) is 4.75. The Morgan fingerprint density at radius 1 is 1.40 bits per heavy atom. The van der Waals surface area contributed by atoms with Gasteiger partial charge >= 0.3 is 0 Å². The van der Waals surface area contributed by atoms with Crippen molar-refractivity contribution in [3.8, 4) is 11.5 Å². The first-order chi connectivity index (χ1) is 9.63. The number of tetrazole rings is 1. The largest absolute Gasteiger partial charge is 0.493 e. The zero-order valence-electron chi connectivity index (χ0n) is 11.3. The third-order valence-corrected chi connectivity index (χ3v) is 2.84. The molecular formula is C12H16ClN5O2. The number of nitrogens with zero attached hydrogens (tertiary/aromatic N) is 4. The number of ether oxygens (including phenoxy) is 2. The first-order valence-electron chi connectivity index (χ1n) is 6.06. The molecule has 1 aromatic heterocycles. The van der Waals surface area contributed by atoms with E-state index in [1.807, 2.05) is 6.07 Å². The highest BCUT2D eigenvalue weighted by atomic mass is 35.5. The lowest BCUT2D eigenvalue weighted by Gasteiger charge is -2.14. The maximum absolute atomic E-state index is 6.04. The number of methoxy groups -OCH3 is 1. The van der Waals surface area contributed by atoms with Crippen LogP contribution in [0.2, 0.25) is 5.02 Å². The van der Waals surface area contributed by atoms with Gasteiger partial charge in [-0.2, -0.15) is 4.80 Å². The molecule has 0 aliphatic carbocycles. The maximum atomic E-state index is 6.04. The van der Waals surface area contributed by atoms with Crippen molar-refractivity contribution in [2.45, 2.75) is 13.0 Å². The van der Waals surface area contributed by atoms with E-state index in [2.05, 4.69) is 15.4 Å². The number of halogens is 1. The average Bonchev–Trinajstić information content (AvgIpc) is 2.83. The van der Waals surface area contributed by atoms with Gasteiger partial charge in [-0.25, -0.2) is 0 Å². The Labute approximate surface area is 121 Å². The summed E-state index contributed by atoms with van der Waals surface area (Å²) in [6.45, 7) is 0.687. The van der Waals surface area contributed by atoms with E-state index in [1.165, 1.54) is 4.80 Å². The van der Waals surface area contributed by atoms with Crippen molar-refractivity contribution >= 4 is 11.6 Å². The number of aromatic nitrogens is 4. The predicted octanol–water partition coefficient (Wildman–Crippen LogP) is 0.952. The molecule has 20 heavy (non-hydrogen) atoms. The quantitative estimate of drug-likeness (QED) is 0.854. The Hall–Kier alpha value is -1.86. The lowest BCUT2D eigenvalue weighted by atomic mass is 10.1. The van der Waals surface area contributed by atoms with E-state index in [-0.39, 0.29) is 6.61 Å². The molecule has 8 heteroatoms. The smallest absolute Gasteiger partial charge is 0.212 e. The van der Waals surface area contributed by atoms with Crippen LogP contribution in [0.5, 0.6) is 11.5 Å². The van der Waals surface area contributed by atoms with Gasteiger partial charge in [0.15, 0.2) is 18.1 Å². The molecule has 7 nitrogen and oxygen atoms in total. The molecule has 1 aromatic carbocycles. The normalized spacial score (nSPS) is 10.6. The van der Waals surface area contributed by atoms with Crippen LogP contribution in [0.4, 0.5) is 0 Å². The van der Waals surface area contributed by atoms with Crippen molar-refractivity contribution in [1.29, 1.82) is 0 Å². The van der Waals surface area contributed by atoms with Crippen LogP contribution in [0.1, 0.15) is 11.4 Å². The summed E-state index contributed by atoms with van der Waals surface area (Å²) in [6.07, 6.45) is 0.639. The van der Waals surface area contributed by atoms with Gasteiger partial charge in [0.25, 0.3) is 0 Å². The molecule has 0 spiro atoms. The second kappa shape index (κ2) is 6.53. The third kappa shape index (κ3) is 3.37. The fraction of sp³-hybridized carbons (Fsp3) is 0.417. The van der Waals surface area contributed by atoms with Crippen molar-refractivity contribution in [3.05, 3.63) is 28.5 Å². The molecule has 0 aliphatic rings. The molecule has 0 amide bonds. The van der Waals surface area contributed by atoms with Gasteiger partial charge in [-0.15, -0.1) is 10.2 Å². The first kappa shape index (κ1) is 14.5. The number of rotatable bonds is 6. The number of nitrogens with two attached hydrogens (primary N) is 1. The minimum Gasteiger partial charge on any atom is -0.493 e. The Bertz CT molecular complexity index is 587. The van der Waals surface area contributed by atoms with Gasteiger partial charge in [0.05, 0.1) is 14.2 Å². The summed E-state index contributed by atoms with van der Waals surface area (Å²) < 4.78 is 11.0. The van der Waals surface area contributed by atoms with Crippen molar-refractivity contribution in [3.63, 3.8) is 0 Å². The zero-order chi connectivity index (χ0) is 14.5. The molecule has 2 aromatic rings. The second-order valence-electron chi connectivity index (χ2n) is 4.12. The van der Waals surface area contributed by atoms with E-state index in [4.69, 9.17) is 26.8 Å². The van der Waals surface area contributed by atoms with Crippen LogP contribution >= 0.6 is 11.6 Å². The van der Waals surface area contributed by atoms with Crippen LogP contribution in [0, 0.1) is 0 Å². The topological polar surface area (TPSA) is 88.1 Å². The fourth-order valence-corrected chi connectivity index (χ4v) is 2.03. The zero-order valence-corrected chi connectivity index (χ0v) is 12.1. The molecule has 0 atom stereocenters. The summed E-state index contributed by atoms with van der Waals surface area (Å²) in [5.74, 6) is 1.66. The van der Waals surface area contributed by atoms with Gasteiger partial charge in [-0.1, -0.05) is 11.6 Å². The summed E-state index contributed by atoms with van der Waals surface area (Å²) in [5, 5.41) is 12.2. The highest BCUT2D eigenvalue weighted by molar-refractivity contribution is 6.30. The van der Waals surface area contributed by atoms with E-state index in [1.54, 1.807) is 20.2 Å². The Morgan fingerprint density at radius 3 is 2.80 bits per heavy atom. The monoisotopic (exact) mass is 297 g/mol. The molecule has 1 heterocycles. The molecule has 0 bridgehead atoms. The van der Waals surface area contributed by atoms with E-state index in [9.17, 15) is 0 Å². The van der Waals surface area contributed by atoms with Crippen LogP contribution in [0.25, 0.3) is 0 Å². The van der Waals surface area contributed by atoms with Crippen LogP contribution in [-0.4, -0.2) is 33.9 Å². The number of hydrogen-bond acceptors (Lipinski definition) is 6. The number of hydrogen-bond donors (Lipinski definition) is 1. The van der Waals surface area contributed by atoms with Crippen molar-refractivity contribution in [1.82, 2.24) is 20.2 Å². The minimum atomic E-state index is 0.198. The summed E-state index contributed by atoms with van der Waals surface area (Å²) >= 11 is 6.04. The summed E-state index contributed by atoms with van der Waals surface area (Å²) in [6, 6.07) is 3.51. The third-order valence-electron chi connectivity index (χ3n) is 2.63. The highest BCUT2D eigenvalue weighted by Gasteiger charge is 2.13. The standard InChI is InChI=1S/C12H16ClN5O2/c1-18-16-11(15-17-18)7-20-12-8(3-4-14)5-9(13)6-10(12)19-2/h5-6H,3-4,7,14H2,1-2H3. The lowest BCUT2D eigenvalue weighted by molar-refractivity contribution is 0.273. The molecule has 2 N–H and O–H groups in total.